The predicted octanol–water partition coefficient (Wildman–Crippen LogP) is 7.92. The van der Waals surface area contributed by atoms with E-state index in [9.17, 15) is 4.79 Å². The van der Waals surface area contributed by atoms with Crippen LogP contribution in [0.1, 0.15) is 52.7 Å². The molecule has 0 bridgehead atoms. The van der Waals surface area contributed by atoms with Crippen molar-refractivity contribution in [2.75, 3.05) is 19.0 Å². The van der Waals surface area contributed by atoms with Gasteiger partial charge in [-0.3, -0.25) is 0 Å². The lowest BCUT2D eigenvalue weighted by Crippen LogP contribution is -2.04. The van der Waals surface area contributed by atoms with Gasteiger partial charge in [-0.05, 0) is 73.8 Å². The molecule has 0 spiro atoms. The SMILES string of the molecule is COC(=O)c1ccc(CC(/C=C/c2ccccc2OCCCCCc2ccccc2)CCBr)cc1. The maximum Gasteiger partial charge on any atom is 0.337 e. The second kappa shape index (κ2) is 15.2. The minimum atomic E-state index is -0.304. The fraction of sp³-hybridized carbons (Fsp3) is 0.323. The summed E-state index contributed by atoms with van der Waals surface area (Å²) >= 11 is 3.59. The number of halogens is 1. The van der Waals surface area contributed by atoms with Crippen molar-refractivity contribution in [3.63, 3.8) is 0 Å². The molecule has 1 atom stereocenters. The van der Waals surface area contributed by atoms with Crippen molar-refractivity contribution in [3.05, 3.63) is 107 Å². The molecule has 0 saturated carbocycles. The normalized spacial score (nSPS) is 11.9. The monoisotopic (exact) mass is 534 g/mol. The molecule has 0 aliphatic heterocycles. The Morgan fingerprint density at radius 1 is 0.886 bits per heavy atom. The maximum atomic E-state index is 11.7. The number of methoxy groups -OCH3 is 1. The summed E-state index contributed by atoms with van der Waals surface area (Å²) < 4.78 is 10.9. The topological polar surface area (TPSA) is 35.5 Å². The van der Waals surface area contributed by atoms with Crippen LogP contribution < -0.4 is 4.74 Å². The summed E-state index contributed by atoms with van der Waals surface area (Å²) in [4.78, 5) is 11.7. The van der Waals surface area contributed by atoms with Gasteiger partial charge in [0.15, 0.2) is 0 Å². The molecule has 35 heavy (non-hydrogen) atoms. The van der Waals surface area contributed by atoms with Gasteiger partial charge in [-0.1, -0.05) is 88.7 Å². The largest absolute Gasteiger partial charge is 0.493 e. The lowest BCUT2D eigenvalue weighted by Gasteiger charge is -2.13. The molecule has 184 valence electrons. The first-order valence-corrected chi connectivity index (χ1v) is 13.5. The molecule has 0 aromatic heterocycles. The molecule has 0 fully saturated rings. The number of benzene rings is 3. The number of alkyl halides is 1. The molecule has 3 aromatic carbocycles. The minimum Gasteiger partial charge on any atom is -0.493 e. The number of allylic oxidation sites excluding steroid dienone is 1. The van der Waals surface area contributed by atoms with Crippen LogP contribution in [0.25, 0.3) is 6.08 Å². The number of carbonyl (C=O) groups is 1. The average molecular weight is 536 g/mol. The van der Waals surface area contributed by atoms with Crippen molar-refractivity contribution in [2.24, 2.45) is 5.92 Å². The van der Waals surface area contributed by atoms with E-state index >= 15 is 0 Å². The number of unbranched alkanes of at least 4 members (excludes halogenated alkanes) is 2. The second-order valence-electron chi connectivity index (χ2n) is 8.67. The van der Waals surface area contributed by atoms with E-state index in [-0.39, 0.29) is 5.97 Å². The third kappa shape index (κ3) is 9.37. The van der Waals surface area contributed by atoms with Crippen LogP contribution in [0.15, 0.2) is 84.9 Å². The highest BCUT2D eigenvalue weighted by Crippen LogP contribution is 2.23. The summed E-state index contributed by atoms with van der Waals surface area (Å²) in [5, 5.41) is 0.934. The highest BCUT2D eigenvalue weighted by atomic mass is 79.9. The van der Waals surface area contributed by atoms with Crippen molar-refractivity contribution in [1.29, 1.82) is 0 Å². The van der Waals surface area contributed by atoms with E-state index in [1.54, 1.807) is 0 Å². The predicted molar refractivity (Wildman–Crippen MR) is 148 cm³/mol. The lowest BCUT2D eigenvalue weighted by molar-refractivity contribution is 0.0600. The quantitative estimate of drug-likeness (QED) is 0.120. The van der Waals surface area contributed by atoms with Crippen molar-refractivity contribution in [1.82, 2.24) is 0 Å². The zero-order valence-corrected chi connectivity index (χ0v) is 22.1. The number of para-hydroxylation sites is 1. The molecule has 0 heterocycles. The molecule has 3 nitrogen and oxygen atoms in total. The molecular weight excluding hydrogens is 500 g/mol. The first-order valence-electron chi connectivity index (χ1n) is 12.4. The van der Waals surface area contributed by atoms with Crippen LogP contribution in [-0.2, 0) is 17.6 Å². The van der Waals surface area contributed by atoms with Crippen molar-refractivity contribution in [2.45, 2.75) is 38.5 Å². The van der Waals surface area contributed by atoms with Crippen LogP contribution in [0.4, 0.5) is 0 Å². The summed E-state index contributed by atoms with van der Waals surface area (Å²) in [6.45, 7) is 0.733. The second-order valence-corrected chi connectivity index (χ2v) is 9.47. The van der Waals surface area contributed by atoms with Gasteiger partial charge in [0.1, 0.15) is 5.75 Å². The first-order chi connectivity index (χ1) is 17.2. The fourth-order valence-electron chi connectivity index (χ4n) is 4.03. The van der Waals surface area contributed by atoms with Crippen LogP contribution in [0, 0.1) is 5.92 Å². The van der Waals surface area contributed by atoms with E-state index < -0.39 is 0 Å². The molecule has 3 aromatic rings. The van der Waals surface area contributed by atoms with Gasteiger partial charge in [0, 0.05) is 10.9 Å². The number of esters is 1. The number of ether oxygens (including phenoxy) is 2. The van der Waals surface area contributed by atoms with Crippen LogP contribution in [0.5, 0.6) is 5.75 Å². The van der Waals surface area contributed by atoms with E-state index in [1.165, 1.54) is 24.7 Å². The zero-order chi connectivity index (χ0) is 24.7. The molecule has 4 heteroatoms. The highest BCUT2D eigenvalue weighted by Gasteiger charge is 2.09. The minimum absolute atomic E-state index is 0.304. The standard InChI is InChI=1S/C31H35BrO3/c1-34-31(33)29-19-16-26(17-20-29)24-27(21-22-32)15-18-28-13-7-8-14-30(28)35-23-9-3-6-12-25-10-4-2-5-11-25/h2,4-5,7-8,10-11,13-20,27H,3,6,9,12,21-24H2,1H3/b18-15+. The van der Waals surface area contributed by atoms with E-state index in [1.807, 2.05) is 30.3 Å². The van der Waals surface area contributed by atoms with Crippen molar-refractivity contribution in [3.8, 4) is 5.75 Å². The molecule has 0 radical (unpaired) electrons. The lowest BCUT2D eigenvalue weighted by atomic mass is 9.95. The van der Waals surface area contributed by atoms with Gasteiger partial charge in [-0.2, -0.15) is 0 Å². The highest BCUT2D eigenvalue weighted by molar-refractivity contribution is 9.09. The number of carbonyl (C=O) groups excluding carboxylic acids is 1. The Morgan fingerprint density at radius 2 is 1.63 bits per heavy atom. The summed E-state index contributed by atoms with van der Waals surface area (Å²) in [7, 11) is 1.40. The Balaban J connectivity index is 1.51. The van der Waals surface area contributed by atoms with Gasteiger partial charge in [0.05, 0.1) is 19.3 Å². The number of hydrogen-bond donors (Lipinski definition) is 0. The Kier molecular flexibility index (Phi) is 11.6. The fourth-order valence-corrected chi connectivity index (χ4v) is 4.62. The summed E-state index contributed by atoms with van der Waals surface area (Å²) in [5.41, 5.74) is 4.29. The molecule has 3 rings (SSSR count). The molecular formula is C31H35BrO3. The Labute approximate surface area is 218 Å². The Bertz CT molecular complexity index is 1040. The summed E-state index contributed by atoms with van der Waals surface area (Å²) in [6.07, 6.45) is 10.9. The number of rotatable bonds is 14. The van der Waals surface area contributed by atoms with E-state index in [2.05, 4.69) is 76.6 Å². The third-order valence-electron chi connectivity index (χ3n) is 6.03. The van der Waals surface area contributed by atoms with Crippen LogP contribution in [-0.4, -0.2) is 25.0 Å². The van der Waals surface area contributed by atoms with Gasteiger partial charge in [-0.15, -0.1) is 0 Å². The van der Waals surface area contributed by atoms with E-state index in [0.29, 0.717) is 11.5 Å². The third-order valence-corrected chi connectivity index (χ3v) is 6.49. The molecule has 0 saturated heterocycles. The smallest absolute Gasteiger partial charge is 0.337 e. The summed E-state index contributed by atoms with van der Waals surface area (Å²) in [5.74, 6) is 1.01. The van der Waals surface area contributed by atoms with Crippen molar-refractivity contribution < 1.29 is 14.3 Å². The Morgan fingerprint density at radius 3 is 2.37 bits per heavy atom. The number of aryl methyl sites for hydroxylation is 1. The van der Waals surface area contributed by atoms with E-state index in [0.717, 1.165) is 55.4 Å². The van der Waals surface area contributed by atoms with Gasteiger partial charge in [-0.25, -0.2) is 4.79 Å². The summed E-state index contributed by atoms with van der Waals surface area (Å²) in [6, 6.07) is 26.6. The van der Waals surface area contributed by atoms with Gasteiger partial charge in [0.2, 0.25) is 0 Å². The average Bonchev–Trinajstić information content (AvgIpc) is 2.90. The first kappa shape index (κ1) is 26.7. The molecule has 0 aliphatic carbocycles. The Hall–Kier alpha value is -2.85. The van der Waals surface area contributed by atoms with Gasteiger partial charge >= 0.3 is 5.97 Å². The molecule has 1 unspecified atom stereocenters. The van der Waals surface area contributed by atoms with Crippen molar-refractivity contribution >= 4 is 28.0 Å². The maximum absolute atomic E-state index is 11.7. The number of hydrogen-bond acceptors (Lipinski definition) is 3. The molecule has 0 N–H and O–H groups in total. The molecule has 0 amide bonds. The zero-order valence-electron chi connectivity index (χ0n) is 20.5. The van der Waals surface area contributed by atoms with E-state index in [4.69, 9.17) is 9.47 Å². The molecule has 0 aliphatic rings. The van der Waals surface area contributed by atoms with Crippen LogP contribution in [0.2, 0.25) is 0 Å². The van der Waals surface area contributed by atoms with Gasteiger partial charge in [0.25, 0.3) is 0 Å². The van der Waals surface area contributed by atoms with Gasteiger partial charge < -0.3 is 9.47 Å². The van der Waals surface area contributed by atoms with Crippen LogP contribution in [0.3, 0.4) is 0 Å². The van der Waals surface area contributed by atoms with Crippen LogP contribution >= 0.6 is 15.9 Å².